The average Bonchev–Trinajstić information content (AvgIpc) is 3.48. The Balaban J connectivity index is 1.60. The Hall–Kier alpha value is -3.59. The summed E-state index contributed by atoms with van der Waals surface area (Å²) in [6.07, 6.45) is -3.75. The van der Waals surface area contributed by atoms with E-state index in [4.69, 9.17) is 0 Å². The van der Waals surface area contributed by atoms with Gasteiger partial charge in [-0.05, 0) is 36.1 Å². The predicted octanol–water partition coefficient (Wildman–Crippen LogP) is 6.43. The summed E-state index contributed by atoms with van der Waals surface area (Å²) in [6.45, 7) is 2.03. The quantitative estimate of drug-likeness (QED) is 0.378. The molecule has 4 aromatic rings. The highest BCUT2D eigenvalue weighted by Gasteiger charge is 2.34. The number of aromatic nitrogens is 2. The fourth-order valence-electron chi connectivity index (χ4n) is 3.74. The molecule has 5 rings (SSSR count). The van der Waals surface area contributed by atoms with E-state index in [2.05, 4.69) is 25.3 Å². The molecule has 0 bridgehead atoms. The lowest BCUT2D eigenvalue weighted by Gasteiger charge is -2.14. The molecule has 0 saturated carbocycles. The maximum absolute atomic E-state index is 13.6. The van der Waals surface area contributed by atoms with Crippen LogP contribution in [-0.2, 0) is 6.18 Å². The Bertz CT molecular complexity index is 1380. The number of fused-ring (bicyclic) bond motifs is 1. The molecule has 0 fully saturated rings. The number of benzene rings is 2. The van der Waals surface area contributed by atoms with Crippen LogP contribution in [0.5, 0.6) is 0 Å². The van der Waals surface area contributed by atoms with Crippen LogP contribution < -0.4 is 5.32 Å². The molecule has 1 unspecified atom stereocenters. The van der Waals surface area contributed by atoms with Crippen LogP contribution in [0, 0.1) is 0 Å². The molecule has 3 heterocycles. The lowest BCUT2D eigenvalue weighted by molar-refractivity contribution is -0.137. The Labute approximate surface area is 191 Å². The van der Waals surface area contributed by atoms with Crippen LogP contribution in [-0.4, -0.2) is 27.7 Å². The van der Waals surface area contributed by atoms with E-state index in [1.165, 1.54) is 12.1 Å². The van der Waals surface area contributed by atoms with Gasteiger partial charge in [0, 0.05) is 10.9 Å². The first kappa shape index (κ1) is 21.3. The summed E-state index contributed by atoms with van der Waals surface area (Å²) in [7, 11) is 0. The number of rotatable bonds is 4. The molecule has 166 valence electrons. The molecule has 0 saturated heterocycles. The molecule has 0 radical (unpaired) electrons. The van der Waals surface area contributed by atoms with Crippen molar-refractivity contribution in [1.82, 2.24) is 9.97 Å². The molecule has 33 heavy (non-hydrogen) atoms. The summed E-state index contributed by atoms with van der Waals surface area (Å²) in [4.78, 5) is 19.3. The second-order valence-electron chi connectivity index (χ2n) is 7.43. The first-order chi connectivity index (χ1) is 15.9. The summed E-state index contributed by atoms with van der Waals surface area (Å²) >= 11 is 1.59. The van der Waals surface area contributed by atoms with E-state index in [0.717, 1.165) is 23.1 Å². The maximum atomic E-state index is 13.6. The number of alkyl halides is 3. The standard InChI is InChI=1S/C24H18F3N5S/c1-2-17-20(19-12-7-13-33-19)30-23(29-17)32-22-15-9-4-6-11-18(15)28-21(31-22)14-8-3-5-10-16(14)24(25,26)27/h3-13,17H,2H2,1H3,(H,28,29,31,32). The third-order valence-electron chi connectivity index (χ3n) is 5.29. The van der Waals surface area contributed by atoms with Gasteiger partial charge in [-0.15, -0.1) is 11.3 Å². The van der Waals surface area contributed by atoms with E-state index in [1.54, 1.807) is 29.5 Å². The Morgan fingerprint density at radius 3 is 2.52 bits per heavy atom. The molecule has 1 N–H and O–H groups in total. The van der Waals surface area contributed by atoms with Crippen molar-refractivity contribution in [3.63, 3.8) is 0 Å². The van der Waals surface area contributed by atoms with Gasteiger partial charge in [-0.25, -0.2) is 20.0 Å². The molecule has 1 atom stereocenters. The van der Waals surface area contributed by atoms with Gasteiger partial charge in [0.15, 0.2) is 5.82 Å². The monoisotopic (exact) mass is 465 g/mol. The summed E-state index contributed by atoms with van der Waals surface area (Å²) in [6, 6.07) is 16.3. The van der Waals surface area contributed by atoms with E-state index in [0.29, 0.717) is 22.7 Å². The molecular weight excluding hydrogens is 447 g/mol. The fraction of sp³-hybridized carbons (Fsp3) is 0.167. The molecule has 2 aromatic carbocycles. The second-order valence-corrected chi connectivity index (χ2v) is 8.38. The third-order valence-corrected chi connectivity index (χ3v) is 6.18. The van der Waals surface area contributed by atoms with Crippen LogP contribution in [0.2, 0.25) is 0 Å². The van der Waals surface area contributed by atoms with Crippen molar-refractivity contribution in [2.45, 2.75) is 25.6 Å². The van der Waals surface area contributed by atoms with E-state index >= 15 is 0 Å². The lowest BCUT2D eigenvalue weighted by atomic mass is 10.1. The highest BCUT2D eigenvalue weighted by Crippen LogP contribution is 2.37. The topological polar surface area (TPSA) is 62.5 Å². The number of halogens is 3. The van der Waals surface area contributed by atoms with Crippen molar-refractivity contribution in [2.75, 3.05) is 5.32 Å². The number of guanidine groups is 1. The Morgan fingerprint density at radius 2 is 1.76 bits per heavy atom. The van der Waals surface area contributed by atoms with Crippen LogP contribution in [0.4, 0.5) is 19.0 Å². The van der Waals surface area contributed by atoms with E-state index in [-0.39, 0.29) is 17.4 Å². The summed E-state index contributed by atoms with van der Waals surface area (Å²) in [5.74, 6) is 0.721. The van der Waals surface area contributed by atoms with Crippen LogP contribution in [0.3, 0.4) is 0 Å². The zero-order valence-corrected chi connectivity index (χ0v) is 18.3. The van der Waals surface area contributed by atoms with Crippen molar-refractivity contribution in [2.24, 2.45) is 9.98 Å². The number of aliphatic imine (C=N–C) groups is 2. The average molecular weight is 466 g/mol. The molecule has 0 amide bonds. The minimum atomic E-state index is -4.52. The van der Waals surface area contributed by atoms with Gasteiger partial charge in [-0.1, -0.05) is 43.3 Å². The number of para-hydroxylation sites is 1. The smallest absolute Gasteiger partial charge is 0.308 e. The van der Waals surface area contributed by atoms with Gasteiger partial charge < -0.3 is 5.32 Å². The van der Waals surface area contributed by atoms with Crippen LogP contribution in [0.25, 0.3) is 22.3 Å². The van der Waals surface area contributed by atoms with Crippen molar-refractivity contribution in [1.29, 1.82) is 0 Å². The third kappa shape index (κ3) is 4.11. The Kier molecular flexibility index (Phi) is 5.41. The second kappa shape index (κ2) is 8.40. The highest BCUT2D eigenvalue weighted by atomic mass is 32.1. The van der Waals surface area contributed by atoms with Crippen LogP contribution in [0.15, 0.2) is 76.0 Å². The molecule has 5 nitrogen and oxygen atoms in total. The molecule has 0 spiro atoms. The minimum absolute atomic E-state index is 0.0165. The SMILES string of the molecule is CCC1N=C(Nc2nc(-c3ccccc3C(F)(F)F)nc3ccccc23)N=C1c1cccs1. The number of anilines is 1. The van der Waals surface area contributed by atoms with Gasteiger partial charge in [0.1, 0.15) is 5.82 Å². The minimum Gasteiger partial charge on any atom is -0.308 e. The van der Waals surface area contributed by atoms with Crippen molar-refractivity contribution in [3.05, 3.63) is 76.5 Å². The maximum Gasteiger partial charge on any atom is 0.417 e. The normalized spacial score (nSPS) is 16.1. The summed E-state index contributed by atoms with van der Waals surface area (Å²) in [5, 5.41) is 5.80. The molecule has 9 heteroatoms. The highest BCUT2D eigenvalue weighted by molar-refractivity contribution is 7.12. The molecule has 0 aliphatic carbocycles. The Morgan fingerprint density at radius 1 is 0.970 bits per heavy atom. The first-order valence-electron chi connectivity index (χ1n) is 10.3. The number of hydrogen-bond donors (Lipinski definition) is 1. The van der Waals surface area contributed by atoms with Gasteiger partial charge in [0.05, 0.1) is 27.7 Å². The first-order valence-corrected chi connectivity index (χ1v) is 11.2. The van der Waals surface area contributed by atoms with Gasteiger partial charge in [-0.3, -0.25) is 0 Å². The molecule has 1 aliphatic rings. The van der Waals surface area contributed by atoms with Gasteiger partial charge in [0.25, 0.3) is 0 Å². The number of nitrogens with zero attached hydrogens (tertiary/aromatic N) is 4. The van der Waals surface area contributed by atoms with Gasteiger partial charge in [-0.2, -0.15) is 13.2 Å². The van der Waals surface area contributed by atoms with E-state index < -0.39 is 11.7 Å². The number of nitrogens with one attached hydrogen (secondary N) is 1. The largest absolute Gasteiger partial charge is 0.417 e. The summed E-state index contributed by atoms with van der Waals surface area (Å²) in [5.41, 5.74) is 0.529. The predicted molar refractivity (Wildman–Crippen MR) is 126 cm³/mol. The molecule has 1 aliphatic heterocycles. The van der Waals surface area contributed by atoms with Crippen molar-refractivity contribution in [3.8, 4) is 11.4 Å². The van der Waals surface area contributed by atoms with Crippen LogP contribution >= 0.6 is 11.3 Å². The number of hydrogen-bond acceptors (Lipinski definition) is 6. The van der Waals surface area contributed by atoms with Crippen LogP contribution in [0.1, 0.15) is 23.8 Å². The van der Waals surface area contributed by atoms with Gasteiger partial charge >= 0.3 is 6.18 Å². The van der Waals surface area contributed by atoms with E-state index in [1.807, 2.05) is 36.6 Å². The van der Waals surface area contributed by atoms with Crippen molar-refractivity contribution >= 4 is 39.7 Å². The number of thiophene rings is 1. The van der Waals surface area contributed by atoms with E-state index in [9.17, 15) is 13.2 Å². The lowest BCUT2D eigenvalue weighted by Crippen LogP contribution is -2.13. The van der Waals surface area contributed by atoms with Gasteiger partial charge in [0.2, 0.25) is 5.96 Å². The molecular formula is C24H18F3N5S. The van der Waals surface area contributed by atoms with Crippen molar-refractivity contribution < 1.29 is 13.2 Å². The summed E-state index contributed by atoms with van der Waals surface area (Å²) < 4.78 is 40.9. The zero-order valence-electron chi connectivity index (χ0n) is 17.5. The fourth-order valence-corrected chi connectivity index (χ4v) is 4.50. The molecule has 2 aromatic heterocycles. The zero-order chi connectivity index (χ0) is 23.0.